The van der Waals surface area contributed by atoms with Crippen LogP contribution in [0.4, 0.5) is 5.69 Å². The van der Waals surface area contributed by atoms with Crippen LogP contribution in [-0.2, 0) is 6.54 Å². The molecular formula is C21H16N6O3S. The minimum absolute atomic E-state index is 0.281. The summed E-state index contributed by atoms with van der Waals surface area (Å²) in [5.74, 6) is -0.631. The van der Waals surface area contributed by atoms with E-state index in [-0.39, 0.29) is 11.7 Å². The first-order valence-electron chi connectivity index (χ1n) is 9.40. The van der Waals surface area contributed by atoms with Gasteiger partial charge in [-0.2, -0.15) is 5.10 Å². The fourth-order valence-corrected chi connectivity index (χ4v) is 4.01. The van der Waals surface area contributed by atoms with E-state index in [0.29, 0.717) is 34.4 Å². The summed E-state index contributed by atoms with van der Waals surface area (Å²) in [6.07, 6.45) is 1.67. The van der Waals surface area contributed by atoms with Crippen molar-refractivity contribution in [2.24, 2.45) is 0 Å². The number of anilines is 1. The normalized spacial score (nSPS) is 11.1. The predicted octanol–water partition coefficient (Wildman–Crippen LogP) is 3.45. The van der Waals surface area contributed by atoms with Crippen molar-refractivity contribution in [3.05, 3.63) is 80.7 Å². The Morgan fingerprint density at radius 1 is 1.26 bits per heavy atom. The maximum absolute atomic E-state index is 13.1. The zero-order chi connectivity index (χ0) is 21.4. The molecule has 0 radical (unpaired) electrons. The Kier molecular flexibility index (Phi) is 4.68. The van der Waals surface area contributed by atoms with Crippen molar-refractivity contribution >= 4 is 34.0 Å². The maximum Gasteiger partial charge on any atom is 0.439 e. The molecule has 0 fully saturated rings. The van der Waals surface area contributed by atoms with Gasteiger partial charge in [0.25, 0.3) is 5.91 Å². The molecule has 0 saturated heterocycles. The molecular weight excluding hydrogens is 416 g/mol. The van der Waals surface area contributed by atoms with E-state index in [1.54, 1.807) is 52.5 Å². The second kappa shape index (κ2) is 7.65. The Morgan fingerprint density at radius 2 is 2.16 bits per heavy atom. The summed E-state index contributed by atoms with van der Waals surface area (Å²) in [5, 5.41) is 13.7. The van der Waals surface area contributed by atoms with Crippen LogP contribution >= 0.6 is 11.3 Å². The second-order valence-electron chi connectivity index (χ2n) is 6.91. The summed E-state index contributed by atoms with van der Waals surface area (Å²) in [5.41, 5.74) is 3.04. The second-order valence-corrected chi connectivity index (χ2v) is 7.94. The van der Waals surface area contributed by atoms with E-state index < -0.39 is 5.76 Å². The number of amides is 1. The van der Waals surface area contributed by atoms with Gasteiger partial charge >= 0.3 is 5.76 Å². The Bertz CT molecular complexity index is 1450. The molecule has 1 amide bonds. The average Bonchev–Trinajstić information content (AvgIpc) is 3.50. The molecule has 0 saturated carbocycles. The Hall–Kier alpha value is -4.05. The summed E-state index contributed by atoms with van der Waals surface area (Å²) in [4.78, 5) is 32.5. The summed E-state index contributed by atoms with van der Waals surface area (Å²) < 4.78 is 6.34. The predicted molar refractivity (Wildman–Crippen MR) is 116 cm³/mol. The molecule has 0 atom stereocenters. The summed E-state index contributed by atoms with van der Waals surface area (Å²) in [6, 6.07) is 12.7. The summed E-state index contributed by atoms with van der Waals surface area (Å²) >= 11 is 1.65. The summed E-state index contributed by atoms with van der Waals surface area (Å²) in [7, 11) is 0. The fourth-order valence-electron chi connectivity index (χ4n) is 3.32. The van der Waals surface area contributed by atoms with Gasteiger partial charge in [0.05, 0.1) is 23.7 Å². The Balaban J connectivity index is 1.46. The van der Waals surface area contributed by atoms with E-state index in [4.69, 9.17) is 0 Å². The van der Waals surface area contributed by atoms with E-state index in [0.717, 1.165) is 10.6 Å². The molecule has 2 N–H and O–H groups in total. The van der Waals surface area contributed by atoms with Gasteiger partial charge in [-0.15, -0.1) is 11.3 Å². The van der Waals surface area contributed by atoms with Gasteiger partial charge < -0.3 is 5.32 Å². The quantitative estimate of drug-likeness (QED) is 0.439. The highest BCUT2D eigenvalue weighted by Crippen LogP contribution is 2.23. The van der Waals surface area contributed by atoms with Crippen LogP contribution in [0.1, 0.15) is 20.9 Å². The number of aromatic nitrogens is 5. The number of nitrogens with one attached hydrogen (secondary N) is 2. The van der Waals surface area contributed by atoms with E-state index in [2.05, 4.69) is 30.1 Å². The van der Waals surface area contributed by atoms with Crippen LogP contribution in [-0.4, -0.2) is 30.8 Å². The minimum atomic E-state index is -0.640. The highest BCUT2D eigenvalue weighted by Gasteiger charge is 2.17. The van der Waals surface area contributed by atoms with Crippen molar-refractivity contribution in [3.63, 3.8) is 0 Å². The first-order chi connectivity index (χ1) is 15.1. The SMILES string of the molecule is Cc1cc(C(=O)Nc2cccc(-c3noc(=O)[nH]3)c2)c2cnn(Cc3cccs3)c2n1. The molecule has 0 aliphatic carbocycles. The van der Waals surface area contributed by atoms with Crippen LogP contribution in [0.15, 0.2) is 63.4 Å². The number of nitrogens with zero attached hydrogens (tertiary/aromatic N) is 4. The molecule has 0 aliphatic heterocycles. The molecule has 1 aromatic carbocycles. The van der Waals surface area contributed by atoms with Gasteiger partial charge in [-0.25, -0.2) is 14.5 Å². The molecule has 0 unspecified atom stereocenters. The number of thiophene rings is 1. The largest absolute Gasteiger partial charge is 0.439 e. The number of carbonyl (C=O) groups is 1. The number of hydrogen-bond donors (Lipinski definition) is 2. The first kappa shape index (κ1) is 18.9. The molecule has 4 heterocycles. The number of aromatic amines is 1. The fraction of sp³-hybridized carbons (Fsp3) is 0.0952. The van der Waals surface area contributed by atoms with Crippen molar-refractivity contribution in [2.75, 3.05) is 5.32 Å². The van der Waals surface area contributed by atoms with E-state index in [1.165, 1.54) is 0 Å². The molecule has 10 heteroatoms. The van der Waals surface area contributed by atoms with Crippen molar-refractivity contribution < 1.29 is 9.32 Å². The highest BCUT2D eigenvalue weighted by molar-refractivity contribution is 7.09. The molecule has 5 rings (SSSR count). The Morgan fingerprint density at radius 3 is 2.94 bits per heavy atom. The number of aryl methyl sites for hydroxylation is 1. The van der Waals surface area contributed by atoms with Gasteiger partial charge in [0, 0.05) is 21.8 Å². The lowest BCUT2D eigenvalue weighted by Gasteiger charge is -2.09. The van der Waals surface area contributed by atoms with Gasteiger partial charge in [0.15, 0.2) is 11.5 Å². The van der Waals surface area contributed by atoms with E-state index in [9.17, 15) is 9.59 Å². The summed E-state index contributed by atoms with van der Waals surface area (Å²) in [6.45, 7) is 2.44. The van der Waals surface area contributed by atoms with Gasteiger partial charge in [0.2, 0.25) is 0 Å². The Labute approximate surface area is 179 Å². The van der Waals surface area contributed by atoms with Gasteiger partial charge in [0.1, 0.15) is 0 Å². The molecule has 154 valence electrons. The third kappa shape index (κ3) is 3.76. The molecule has 9 nitrogen and oxygen atoms in total. The van der Waals surface area contributed by atoms with Crippen LogP contribution in [0.5, 0.6) is 0 Å². The van der Waals surface area contributed by atoms with Crippen molar-refractivity contribution in [1.29, 1.82) is 0 Å². The van der Waals surface area contributed by atoms with Crippen LogP contribution in [0.3, 0.4) is 0 Å². The zero-order valence-electron chi connectivity index (χ0n) is 16.3. The standard InChI is InChI=1S/C21H16N6O3S/c1-12-8-16(17-10-22-27(19(17)23-12)11-15-6-3-7-31-15)20(28)24-14-5-2-4-13(9-14)18-25-21(29)30-26-18/h2-10H,11H2,1H3,(H,24,28)(H,25,26,29). The number of hydrogen-bond acceptors (Lipinski definition) is 7. The van der Waals surface area contributed by atoms with E-state index >= 15 is 0 Å². The van der Waals surface area contributed by atoms with Gasteiger partial charge in [-0.3, -0.25) is 14.3 Å². The molecule has 0 aliphatic rings. The van der Waals surface area contributed by atoms with Crippen molar-refractivity contribution in [3.8, 4) is 11.4 Å². The molecule has 31 heavy (non-hydrogen) atoms. The highest BCUT2D eigenvalue weighted by atomic mass is 32.1. The monoisotopic (exact) mass is 432 g/mol. The number of carbonyl (C=O) groups excluding carboxylic acids is 1. The van der Waals surface area contributed by atoms with Crippen molar-refractivity contribution in [2.45, 2.75) is 13.5 Å². The van der Waals surface area contributed by atoms with Gasteiger partial charge in [-0.1, -0.05) is 23.4 Å². The average molecular weight is 432 g/mol. The van der Waals surface area contributed by atoms with Crippen LogP contribution in [0.2, 0.25) is 0 Å². The van der Waals surface area contributed by atoms with Crippen molar-refractivity contribution in [1.82, 2.24) is 24.9 Å². The molecule has 5 aromatic rings. The first-order valence-corrected chi connectivity index (χ1v) is 10.3. The maximum atomic E-state index is 13.1. The number of H-pyrrole nitrogens is 1. The number of rotatable bonds is 5. The zero-order valence-corrected chi connectivity index (χ0v) is 17.1. The van der Waals surface area contributed by atoms with Crippen LogP contribution in [0, 0.1) is 6.92 Å². The molecule has 0 spiro atoms. The number of pyridine rings is 1. The lowest BCUT2D eigenvalue weighted by molar-refractivity contribution is 0.102. The van der Waals surface area contributed by atoms with E-state index in [1.807, 2.05) is 24.4 Å². The number of fused-ring (bicyclic) bond motifs is 1. The third-order valence-corrected chi connectivity index (χ3v) is 5.56. The number of benzene rings is 1. The van der Waals surface area contributed by atoms with Crippen LogP contribution in [0.25, 0.3) is 22.4 Å². The van der Waals surface area contributed by atoms with Crippen LogP contribution < -0.4 is 11.1 Å². The molecule has 4 aromatic heterocycles. The smallest absolute Gasteiger partial charge is 0.322 e. The lowest BCUT2D eigenvalue weighted by atomic mass is 10.1. The van der Waals surface area contributed by atoms with Gasteiger partial charge in [-0.05, 0) is 36.6 Å². The minimum Gasteiger partial charge on any atom is -0.322 e. The topological polar surface area (TPSA) is 119 Å². The molecule has 0 bridgehead atoms. The third-order valence-electron chi connectivity index (χ3n) is 4.70. The lowest BCUT2D eigenvalue weighted by Crippen LogP contribution is -2.13.